The highest BCUT2D eigenvalue weighted by atomic mass is 32.2. The van der Waals surface area contributed by atoms with Crippen LogP contribution in [-0.4, -0.2) is 14.2 Å². The zero-order valence-corrected chi connectivity index (χ0v) is 17.1. The zero-order chi connectivity index (χ0) is 19.6. The minimum Gasteiger partial charge on any atom is -0.288 e. The monoisotopic (exact) mass is 399 g/mol. The lowest BCUT2D eigenvalue weighted by molar-refractivity contribution is 0.104. The lowest BCUT2D eigenvalue weighted by atomic mass is 10.1. The Labute approximate surface area is 163 Å². The van der Waals surface area contributed by atoms with Crippen molar-refractivity contribution in [3.8, 4) is 0 Å². The lowest BCUT2D eigenvalue weighted by Crippen LogP contribution is -2.24. The molecule has 0 saturated carbocycles. The Morgan fingerprint density at radius 2 is 1.59 bits per heavy atom. The summed E-state index contributed by atoms with van der Waals surface area (Å²) in [4.78, 5) is 14.2. The van der Waals surface area contributed by atoms with E-state index in [0.717, 1.165) is 21.6 Å². The molecule has 0 amide bonds. The van der Waals surface area contributed by atoms with Crippen LogP contribution in [0.15, 0.2) is 59.5 Å². The van der Waals surface area contributed by atoms with E-state index in [-0.39, 0.29) is 12.3 Å². The van der Waals surface area contributed by atoms with Crippen LogP contribution < -0.4 is 4.72 Å². The summed E-state index contributed by atoms with van der Waals surface area (Å²) in [6, 6.07) is 16.3. The number of hydrogen-bond donors (Lipinski definition) is 1. The third kappa shape index (κ3) is 4.35. The van der Waals surface area contributed by atoms with Gasteiger partial charge >= 0.3 is 0 Å². The maximum absolute atomic E-state index is 12.7. The Kier molecular flexibility index (Phi) is 5.60. The van der Waals surface area contributed by atoms with Crippen LogP contribution in [0.3, 0.4) is 0 Å². The summed E-state index contributed by atoms with van der Waals surface area (Å²) in [6.45, 7) is 5.70. The number of carbonyl (C=O) groups excluding carboxylic acids is 1. The normalized spacial score (nSPS) is 11.5. The first-order valence-electron chi connectivity index (χ1n) is 8.54. The molecule has 0 aliphatic carbocycles. The fourth-order valence-electron chi connectivity index (χ4n) is 3.16. The highest BCUT2D eigenvalue weighted by Gasteiger charge is 2.20. The molecule has 0 radical (unpaired) electrons. The van der Waals surface area contributed by atoms with E-state index in [1.165, 1.54) is 11.3 Å². The van der Waals surface area contributed by atoms with Crippen molar-refractivity contribution in [3.05, 3.63) is 86.6 Å². The van der Waals surface area contributed by atoms with Gasteiger partial charge in [-0.1, -0.05) is 48.0 Å². The average Bonchev–Trinajstić information content (AvgIpc) is 3.08. The van der Waals surface area contributed by atoms with Gasteiger partial charge < -0.3 is 0 Å². The van der Waals surface area contributed by atoms with E-state index in [4.69, 9.17) is 0 Å². The van der Waals surface area contributed by atoms with Crippen molar-refractivity contribution >= 4 is 27.1 Å². The van der Waals surface area contributed by atoms with Crippen LogP contribution in [-0.2, 0) is 16.6 Å². The molecule has 4 nitrogen and oxygen atoms in total. The van der Waals surface area contributed by atoms with Crippen molar-refractivity contribution in [2.45, 2.75) is 32.2 Å². The highest BCUT2D eigenvalue weighted by molar-refractivity contribution is 7.89. The molecule has 0 saturated heterocycles. The van der Waals surface area contributed by atoms with Gasteiger partial charge in [0.2, 0.25) is 15.8 Å². The van der Waals surface area contributed by atoms with Gasteiger partial charge in [-0.2, -0.15) is 0 Å². The molecule has 0 spiro atoms. The number of benzene rings is 2. The molecule has 0 aliphatic rings. The summed E-state index contributed by atoms with van der Waals surface area (Å²) in [7, 11) is -3.63. The third-order valence-corrected chi connectivity index (χ3v) is 7.02. The van der Waals surface area contributed by atoms with Crippen LogP contribution in [0.5, 0.6) is 0 Å². The fraction of sp³-hybridized carbons (Fsp3) is 0.190. The minimum absolute atomic E-state index is 0.0556. The number of aryl methyl sites for hydroxylation is 3. The van der Waals surface area contributed by atoms with Gasteiger partial charge in [0.15, 0.2) is 0 Å². The first-order chi connectivity index (χ1) is 12.8. The van der Waals surface area contributed by atoms with Crippen LogP contribution in [0, 0.1) is 20.8 Å². The van der Waals surface area contributed by atoms with E-state index in [9.17, 15) is 13.2 Å². The molecule has 1 N–H and O–H groups in total. The van der Waals surface area contributed by atoms with Crippen LogP contribution >= 0.6 is 11.3 Å². The number of sulfonamides is 1. The summed E-state index contributed by atoms with van der Waals surface area (Å²) in [5.41, 5.74) is 3.11. The van der Waals surface area contributed by atoms with Crippen molar-refractivity contribution in [1.29, 1.82) is 0 Å². The van der Waals surface area contributed by atoms with Crippen LogP contribution in [0.25, 0.3) is 0 Å². The SMILES string of the molecule is Cc1cc(C)c(S(=O)(=O)NCc2ccc(C(=O)c3ccccc3)s2)c(C)c1. The number of thiophene rings is 1. The summed E-state index contributed by atoms with van der Waals surface area (Å²) < 4.78 is 28.2. The van der Waals surface area contributed by atoms with E-state index in [0.29, 0.717) is 15.3 Å². The summed E-state index contributed by atoms with van der Waals surface area (Å²) in [5.74, 6) is -0.0556. The van der Waals surface area contributed by atoms with Gasteiger partial charge in [0, 0.05) is 17.0 Å². The Morgan fingerprint density at radius 3 is 2.22 bits per heavy atom. The molecule has 1 heterocycles. The Hall–Kier alpha value is -2.28. The standard InChI is InChI=1S/C21H21NO3S2/c1-14-11-15(2)21(16(3)12-14)27(24,25)22-13-18-9-10-19(26-18)20(23)17-7-5-4-6-8-17/h4-12,22H,13H2,1-3H3. The fourth-order valence-corrected chi connectivity index (χ4v) is 5.61. The van der Waals surface area contributed by atoms with E-state index < -0.39 is 10.0 Å². The van der Waals surface area contributed by atoms with Gasteiger partial charge in [0.05, 0.1) is 9.77 Å². The second-order valence-electron chi connectivity index (χ2n) is 6.51. The summed E-state index contributed by atoms with van der Waals surface area (Å²) in [6.07, 6.45) is 0. The van der Waals surface area contributed by atoms with E-state index >= 15 is 0 Å². The third-order valence-electron chi connectivity index (χ3n) is 4.23. The molecule has 3 rings (SSSR count). The predicted molar refractivity (Wildman–Crippen MR) is 109 cm³/mol. The molecule has 6 heteroatoms. The molecular weight excluding hydrogens is 378 g/mol. The number of ketones is 1. The molecule has 27 heavy (non-hydrogen) atoms. The lowest BCUT2D eigenvalue weighted by Gasteiger charge is -2.12. The highest BCUT2D eigenvalue weighted by Crippen LogP contribution is 2.24. The second kappa shape index (κ2) is 7.76. The van der Waals surface area contributed by atoms with Crippen molar-refractivity contribution < 1.29 is 13.2 Å². The number of carbonyl (C=O) groups is 1. The van der Waals surface area contributed by atoms with Crippen molar-refractivity contribution in [1.82, 2.24) is 4.72 Å². The molecular formula is C21H21NO3S2. The van der Waals surface area contributed by atoms with Gasteiger partial charge in [-0.3, -0.25) is 4.79 Å². The van der Waals surface area contributed by atoms with Gasteiger partial charge in [0.1, 0.15) is 0 Å². The first-order valence-corrected chi connectivity index (χ1v) is 10.8. The minimum atomic E-state index is -3.63. The molecule has 0 atom stereocenters. The Bertz CT molecular complexity index is 1060. The number of hydrogen-bond acceptors (Lipinski definition) is 4. The zero-order valence-electron chi connectivity index (χ0n) is 15.4. The van der Waals surface area contributed by atoms with E-state index in [1.54, 1.807) is 38.1 Å². The summed E-state index contributed by atoms with van der Waals surface area (Å²) in [5, 5.41) is 0. The molecule has 0 fully saturated rings. The van der Waals surface area contributed by atoms with Crippen molar-refractivity contribution in [2.24, 2.45) is 0 Å². The average molecular weight is 400 g/mol. The van der Waals surface area contributed by atoms with E-state index in [2.05, 4.69) is 4.72 Å². The van der Waals surface area contributed by atoms with E-state index in [1.807, 2.05) is 37.3 Å². The summed E-state index contributed by atoms with van der Waals surface area (Å²) >= 11 is 1.31. The predicted octanol–water partition coefficient (Wildman–Crippen LogP) is 4.38. The number of nitrogens with one attached hydrogen (secondary N) is 1. The number of rotatable bonds is 6. The second-order valence-corrected chi connectivity index (χ2v) is 9.39. The maximum Gasteiger partial charge on any atom is 0.241 e. The van der Waals surface area contributed by atoms with Crippen LogP contribution in [0.4, 0.5) is 0 Å². The Morgan fingerprint density at radius 1 is 0.963 bits per heavy atom. The van der Waals surface area contributed by atoms with Gasteiger partial charge in [-0.05, 0) is 44.0 Å². The molecule has 1 aromatic heterocycles. The smallest absolute Gasteiger partial charge is 0.241 e. The van der Waals surface area contributed by atoms with Crippen LogP contribution in [0.1, 0.15) is 36.8 Å². The molecule has 0 aliphatic heterocycles. The molecule has 0 unspecified atom stereocenters. The topological polar surface area (TPSA) is 63.2 Å². The molecule has 140 valence electrons. The first kappa shape index (κ1) is 19.5. The largest absolute Gasteiger partial charge is 0.288 e. The van der Waals surface area contributed by atoms with Gasteiger partial charge in [-0.15, -0.1) is 11.3 Å². The quantitative estimate of drug-likeness (QED) is 0.626. The van der Waals surface area contributed by atoms with Crippen LogP contribution in [0.2, 0.25) is 0 Å². The van der Waals surface area contributed by atoms with Gasteiger partial charge in [0.25, 0.3) is 0 Å². The van der Waals surface area contributed by atoms with Gasteiger partial charge in [-0.25, -0.2) is 13.1 Å². The molecule has 3 aromatic rings. The molecule has 0 bridgehead atoms. The Balaban J connectivity index is 1.76. The van der Waals surface area contributed by atoms with Crippen molar-refractivity contribution in [2.75, 3.05) is 0 Å². The molecule has 2 aromatic carbocycles. The maximum atomic E-state index is 12.7. The van der Waals surface area contributed by atoms with Crippen molar-refractivity contribution in [3.63, 3.8) is 0 Å².